The number of furan rings is 1. The molecule has 0 saturated carbocycles. The van der Waals surface area contributed by atoms with Crippen LogP contribution in [0.25, 0.3) is 0 Å². The number of guanidine groups is 1. The largest absolute Gasteiger partial charge is 0.489 e. The fourth-order valence-corrected chi connectivity index (χ4v) is 2.46. The van der Waals surface area contributed by atoms with Crippen LogP contribution in [0.1, 0.15) is 29.5 Å². The van der Waals surface area contributed by atoms with Gasteiger partial charge in [-0.25, -0.2) is 4.39 Å². The van der Waals surface area contributed by atoms with Gasteiger partial charge < -0.3 is 25.1 Å². The Labute approximate surface area is 164 Å². The molecule has 1 aromatic carbocycles. The first-order valence-corrected chi connectivity index (χ1v) is 9.18. The Morgan fingerprint density at radius 2 is 2.04 bits per heavy atom. The molecule has 1 aromatic heterocycles. The predicted octanol–water partition coefficient (Wildman–Crippen LogP) is 2.48. The van der Waals surface area contributed by atoms with E-state index in [9.17, 15) is 9.18 Å². The van der Waals surface area contributed by atoms with Crippen LogP contribution >= 0.6 is 0 Å². The third-order valence-electron chi connectivity index (χ3n) is 3.91. The molecule has 0 aliphatic carbocycles. The van der Waals surface area contributed by atoms with Crippen LogP contribution in [0, 0.1) is 12.7 Å². The molecule has 0 bridgehead atoms. The highest BCUT2D eigenvalue weighted by Gasteiger charge is 2.11. The zero-order valence-corrected chi connectivity index (χ0v) is 16.4. The minimum atomic E-state index is -0.329. The summed E-state index contributed by atoms with van der Waals surface area (Å²) in [5.74, 6) is 0.915. The lowest BCUT2D eigenvalue weighted by Gasteiger charge is -2.17. The van der Waals surface area contributed by atoms with Crippen molar-refractivity contribution in [1.29, 1.82) is 0 Å². The van der Waals surface area contributed by atoms with E-state index in [1.54, 1.807) is 25.2 Å². The quantitative estimate of drug-likeness (QED) is 0.348. The van der Waals surface area contributed by atoms with Crippen LogP contribution in [0.5, 0.6) is 5.75 Å². The summed E-state index contributed by atoms with van der Waals surface area (Å²) in [5.41, 5.74) is 0.815. The molecule has 0 spiro atoms. The molecular weight excluding hydrogens is 363 g/mol. The first-order chi connectivity index (χ1) is 13.5. The van der Waals surface area contributed by atoms with Gasteiger partial charge >= 0.3 is 0 Å². The fraction of sp³-hybridized carbons (Fsp3) is 0.400. The number of ether oxygens (including phenoxy) is 1. The molecule has 8 heteroatoms. The Kier molecular flexibility index (Phi) is 8.33. The van der Waals surface area contributed by atoms with Crippen molar-refractivity contribution in [1.82, 2.24) is 16.0 Å². The van der Waals surface area contributed by atoms with Crippen molar-refractivity contribution in [3.8, 4) is 5.75 Å². The summed E-state index contributed by atoms with van der Waals surface area (Å²) >= 11 is 0. The topological polar surface area (TPSA) is 87.9 Å². The monoisotopic (exact) mass is 390 g/mol. The summed E-state index contributed by atoms with van der Waals surface area (Å²) in [7, 11) is 1.68. The molecule has 152 valence electrons. The number of hydrogen-bond acceptors (Lipinski definition) is 4. The highest BCUT2D eigenvalue weighted by molar-refractivity contribution is 5.92. The van der Waals surface area contributed by atoms with E-state index in [-0.39, 0.29) is 17.8 Å². The van der Waals surface area contributed by atoms with Crippen molar-refractivity contribution < 1.29 is 18.3 Å². The van der Waals surface area contributed by atoms with Gasteiger partial charge in [0.1, 0.15) is 17.7 Å². The van der Waals surface area contributed by atoms with E-state index < -0.39 is 0 Å². The molecule has 1 unspecified atom stereocenters. The molecule has 1 atom stereocenters. The second-order valence-corrected chi connectivity index (χ2v) is 6.31. The highest BCUT2D eigenvalue weighted by Crippen LogP contribution is 2.13. The van der Waals surface area contributed by atoms with Gasteiger partial charge in [0.05, 0.1) is 12.8 Å². The lowest BCUT2D eigenvalue weighted by atomic mass is 10.2. The van der Waals surface area contributed by atoms with Crippen molar-refractivity contribution in [3.05, 3.63) is 53.7 Å². The van der Waals surface area contributed by atoms with E-state index in [1.165, 1.54) is 18.4 Å². The van der Waals surface area contributed by atoms with Crippen molar-refractivity contribution >= 4 is 11.9 Å². The van der Waals surface area contributed by atoms with Crippen LogP contribution in [0.2, 0.25) is 0 Å². The average molecular weight is 390 g/mol. The maximum atomic E-state index is 13.2. The van der Waals surface area contributed by atoms with Gasteiger partial charge in [-0.2, -0.15) is 0 Å². The Morgan fingerprint density at radius 3 is 2.71 bits per heavy atom. The number of rotatable bonds is 9. The van der Waals surface area contributed by atoms with Gasteiger partial charge in [-0.05, 0) is 38.5 Å². The summed E-state index contributed by atoms with van der Waals surface area (Å²) in [5, 5.41) is 9.13. The summed E-state index contributed by atoms with van der Waals surface area (Å²) in [6.45, 7) is 5.37. The molecule has 0 radical (unpaired) electrons. The van der Waals surface area contributed by atoms with E-state index >= 15 is 0 Å². The number of aryl methyl sites for hydroxylation is 1. The molecule has 2 aromatic rings. The Morgan fingerprint density at radius 1 is 1.25 bits per heavy atom. The van der Waals surface area contributed by atoms with E-state index in [4.69, 9.17) is 9.15 Å². The normalized spacial score (nSPS) is 12.4. The number of benzene rings is 1. The van der Waals surface area contributed by atoms with Gasteiger partial charge in [0.15, 0.2) is 11.7 Å². The molecule has 2 rings (SSSR count). The molecule has 28 heavy (non-hydrogen) atoms. The number of nitrogens with one attached hydrogen (secondary N) is 3. The van der Waals surface area contributed by atoms with Gasteiger partial charge in [0.2, 0.25) is 0 Å². The molecule has 0 aliphatic rings. The van der Waals surface area contributed by atoms with E-state index in [1.807, 2.05) is 13.8 Å². The lowest BCUT2D eigenvalue weighted by molar-refractivity contribution is 0.0925. The van der Waals surface area contributed by atoms with Crippen LogP contribution in [0.3, 0.4) is 0 Å². The second-order valence-electron chi connectivity index (χ2n) is 6.31. The molecule has 1 heterocycles. The minimum Gasteiger partial charge on any atom is -0.489 e. The maximum absolute atomic E-state index is 13.2. The third-order valence-corrected chi connectivity index (χ3v) is 3.91. The zero-order chi connectivity index (χ0) is 20.4. The molecule has 0 saturated heterocycles. The third kappa shape index (κ3) is 6.94. The summed E-state index contributed by atoms with van der Waals surface area (Å²) < 4.78 is 24.0. The van der Waals surface area contributed by atoms with E-state index in [0.717, 1.165) is 12.0 Å². The first kappa shape index (κ1) is 21.3. The molecular formula is C20H27FN4O3. The second kappa shape index (κ2) is 11.0. The first-order valence-electron chi connectivity index (χ1n) is 9.18. The Bertz CT molecular complexity index is 791. The summed E-state index contributed by atoms with van der Waals surface area (Å²) in [6.07, 6.45) is 2.05. The molecule has 7 nitrogen and oxygen atoms in total. The fourth-order valence-electron chi connectivity index (χ4n) is 2.46. The lowest BCUT2D eigenvalue weighted by Crippen LogP contribution is -2.42. The number of hydrogen-bond donors (Lipinski definition) is 3. The number of nitrogens with zero attached hydrogens (tertiary/aromatic N) is 1. The van der Waals surface area contributed by atoms with Crippen LogP contribution < -0.4 is 20.7 Å². The Balaban J connectivity index is 1.62. The number of amides is 1. The summed E-state index contributed by atoms with van der Waals surface area (Å²) in [6, 6.07) is 7.80. The van der Waals surface area contributed by atoms with E-state index in [2.05, 4.69) is 20.9 Å². The van der Waals surface area contributed by atoms with E-state index in [0.29, 0.717) is 37.1 Å². The van der Waals surface area contributed by atoms with Crippen LogP contribution in [0.4, 0.5) is 4.39 Å². The van der Waals surface area contributed by atoms with Crippen LogP contribution in [-0.4, -0.2) is 44.7 Å². The van der Waals surface area contributed by atoms with Gasteiger partial charge in [-0.1, -0.05) is 6.07 Å². The van der Waals surface area contributed by atoms with Gasteiger partial charge in [-0.3, -0.25) is 9.79 Å². The highest BCUT2D eigenvalue weighted by atomic mass is 19.1. The van der Waals surface area contributed by atoms with Crippen LogP contribution in [0.15, 0.2) is 46.0 Å². The van der Waals surface area contributed by atoms with Crippen molar-refractivity contribution in [2.75, 3.05) is 26.7 Å². The average Bonchev–Trinajstić information content (AvgIpc) is 3.10. The van der Waals surface area contributed by atoms with Gasteiger partial charge in [0, 0.05) is 31.8 Å². The number of aliphatic imine (C=N–C) groups is 1. The molecule has 0 aliphatic heterocycles. The molecule has 3 N–H and O–H groups in total. The summed E-state index contributed by atoms with van der Waals surface area (Å²) in [4.78, 5) is 16.1. The predicted molar refractivity (Wildman–Crippen MR) is 106 cm³/mol. The molecule has 1 amide bonds. The SMILES string of the molecule is CN=C(NCCCNC(=O)c1occc1C)NCC(C)Oc1cccc(F)c1. The van der Waals surface area contributed by atoms with Crippen molar-refractivity contribution in [2.45, 2.75) is 26.4 Å². The minimum absolute atomic E-state index is 0.170. The smallest absolute Gasteiger partial charge is 0.287 e. The zero-order valence-electron chi connectivity index (χ0n) is 16.4. The number of halogens is 1. The van der Waals surface area contributed by atoms with Crippen molar-refractivity contribution in [3.63, 3.8) is 0 Å². The van der Waals surface area contributed by atoms with Gasteiger partial charge in [0.25, 0.3) is 5.91 Å². The number of carbonyl (C=O) groups excluding carboxylic acids is 1. The Hall–Kier alpha value is -3.03. The maximum Gasteiger partial charge on any atom is 0.287 e. The standard InChI is InChI=1S/C20H27FN4O3/c1-14-8-11-27-18(14)19(26)23-9-5-10-24-20(22-3)25-13-15(2)28-17-7-4-6-16(21)12-17/h4,6-8,11-12,15H,5,9-10,13H2,1-3H3,(H,23,26)(H2,22,24,25). The molecule has 0 fully saturated rings. The van der Waals surface area contributed by atoms with Gasteiger partial charge in [-0.15, -0.1) is 0 Å². The van der Waals surface area contributed by atoms with Crippen LogP contribution in [-0.2, 0) is 0 Å². The van der Waals surface area contributed by atoms with Crippen molar-refractivity contribution in [2.24, 2.45) is 4.99 Å². The number of carbonyl (C=O) groups is 1.